The Hall–Kier alpha value is -1.14. The summed E-state index contributed by atoms with van der Waals surface area (Å²) in [5, 5.41) is 11.0. The molecule has 0 aromatic carbocycles. The van der Waals surface area contributed by atoms with E-state index in [1.807, 2.05) is 0 Å². The molecule has 1 aliphatic carbocycles. The highest BCUT2D eigenvalue weighted by Gasteiger charge is 2.28. The van der Waals surface area contributed by atoms with Gasteiger partial charge in [0, 0.05) is 45.1 Å². The third-order valence-corrected chi connectivity index (χ3v) is 15.7. The third-order valence-electron chi connectivity index (χ3n) is 15.7. The van der Waals surface area contributed by atoms with E-state index in [0.717, 1.165) is 97.1 Å². The second kappa shape index (κ2) is 50.8. The number of unbranched alkanes of at least 4 members (excludes halogenated alkanes) is 36. The van der Waals surface area contributed by atoms with Crippen molar-refractivity contribution in [3.05, 3.63) is 0 Å². The first-order valence-electron chi connectivity index (χ1n) is 31.5. The van der Waals surface area contributed by atoms with Crippen LogP contribution in [0.5, 0.6) is 0 Å². The lowest BCUT2D eigenvalue weighted by Crippen LogP contribution is -2.46. The number of aliphatic hydroxyl groups excluding tert-OH is 1. The summed E-state index contributed by atoms with van der Waals surface area (Å²) in [5.74, 6) is 0.815. The van der Waals surface area contributed by atoms with Crippen LogP contribution < -0.4 is 0 Å². The van der Waals surface area contributed by atoms with E-state index >= 15 is 0 Å². The van der Waals surface area contributed by atoms with Gasteiger partial charge in [-0.1, -0.05) is 259 Å². The smallest absolute Gasteiger partial charge is 0.222 e. The maximum Gasteiger partial charge on any atom is 0.222 e. The number of amides is 2. The number of carbonyl (C=O) groups is 2. The Kier molecular flexibility index (Phi) is 48.5. The van der Waals surface area contributed by atoms with Crippen molar-refractivity contribution in [2.75, 3.05) is 39.3 Å². The highest BCUT2D eigenvalue weighted by atomic mass is 16.3. The Bertz CT molecular complexity index is 944. The molecule has 1 saturated carbocycles. The van der Waals surface area contributed by atoms with Crippen molar-refractivity contribution < 1.29 is 14.7 Å². The van der Waals surface area contributed by atoms with Gasteiger partial charge >= 0.3 is 0 Å². The van der Waals surface area contributed by atoms with Gasteiger partial charge in [-0.05, 0) is 77.3 Å². The molecule has 0 aromatic heterocycles. The maximum atomic E-state index is 13.5. The van der Waals surface area contributed by atoms with Gasteiger partial charge in [-0.3, -0.25) is 14.5 Å². The molecule has 0 spiro atoms. The van der Waals surface area contributed by atoms with Gasteiger partial charge in [0.1, 0.15) is 0 Å². The Morgan fingerprint density at radius 1 is 0.324 bits per heavy atom. The molecule has 0 aliphatic heterocycles. The zero-order valence-corrected chi connectivity index (χ0v) is 46.9. The molecule has 0 aromatic rings. The van der Waals surface area contributed by atoms with Crippen molar-refractivity contribution in [1.82, 2.24) is 14.7 Å². The van der Waals surface area contributed by atoms with Gasteiger partial charge in [0.05, 0.1) is 6.10 Å². The molecule has 1 aliphatic rings. The quantitative estimate of drug-likeness (QED) is 0.0617. The summed E-state index contributed by atoms with van der Waals surface area (Å²) in [5.41, 5.74) is 0. The first-order chi connectivity index (χ1) is 33.5. The SMILES string of the molecule is CCCCCCCCCCN(CCCCCCCCCC)C(=O)CCCCCCCN(CCCCCCCC(=O)N(CCCCCCCCCC)CCCCCCCCCC)C1CCCCC1O. The summed E-state index contributed by atoms with van der Waals surface area (Å²) >= 11 is 0. The standard InChI is InChI=1S/C62H123N3O3/c1-5-9-13-17-21-25-33-45-55-64(56-46-34-26-22-18-14-10-6-2)61(67)51-39-31-29-37-43-53-63(59-49-41-42-50-60(59)66)54-44-38-30-32-40-52-62(68)65(57-47-35-27-23-19-15-11-7-3)58-48-36-28-24-20-16-12-8-4/h59-60,66H,5-58H2,1-4H3. The molecule has 6 heteroatoms. The van der Waals surface area contributed by atoms with Crippen molar-refractivity contribution >= 4 is 11.8 Å². The minimum absolute atomic E-state index is 0.181. The van der Waals surface area contributed by atoms with E-state index in [1.165, 1.54) is 250 Å². The van der Waals surface area contributed by atoms with Crippen LogP contribution in [0.15, 0.2) is 0 Å². The molecule has 2 atom stereocenters. The average molecular weight is 959 g/mol. The van der Waals surface area contributed by atoms with Crippen molar-refractivity contribution in [2.24, 2.45) is 0 Å². The molecular formula is C62H123N3O3. The largest absolute Gasteiger partial charge is 0.391 e. The zero-order valence-electron chi connectivity index (χ0n) is 46.9. The fraction of sp³-hybridized carbons (Fsp3) is 0.968. The molecule has 404 valence electrons. The number of rotatable bonds is 53. The van der Waals surface area contributed by atoms with Crippen molar-refractivity contribution in [3.63, 3.8) is 0 Å². The summed E-state index contributed by atoms with van der Waals surface area (Å²) in [6.45, 7) is 15.2. The predicted octanol–water partition coefficient (Wildman–Crippen LogP) is 18.5. The van der Waals surface area contributed by atoms with Crippen LogP contribution in [-0.2, 0) is 9.59 Å². The Morgan fingerprint density at radius 2 is 0.559 bits per heavy atom. The van der Waals surface area contributed by atoms with Gasteiger partial charge in [0.15, 0.2) is 0 Å². The predicted molar refractivity (Wildman–Crippen MR) is 299 cm³/mol. The van der Waals surface area contributed by atoms with E-state index in [9.17, 15) is 14.7 Å². The summed E-state index contributed by atoms with van der Waals surface area (Å²) in [6, 6.07) is 0.320. The Balaban J connectivity index is 2.45. The number of nitrogens with zero attached hydrogens (tertiary/aromatic N) is 3. The summed E-state index contributed by atoms with van der Waals surface area (Å²) in [6.07, 6.45) is 59.5. The van der Waals surface area contributed by atoms with Crippen LogP contribution in [0, 0.1) is 0 Å². The van der Waals surface area contributed by atoms with Crippen LogP contribution in [0.2, 0.25) is 0 Å². The molecule has 1 rings (SSSR count). The number of hydrogen-bond donors (Lipinski definition) is 1. The molecule has 0 bridgehead atoms. The average Bonchev–Trinajstić information content (AvgIpc) is 3.34. The molecular weight excluding hydrogens is 835 g/mol. The Labute approximate surface area is 426 Å². The monoisotopic (exact) mass is 958 g/mol. The van der Waals surface area contributed by atoms with Gasteiger partial charge in [-0.25, -0.2) is 0 Å². The first kappa shape index (κ1) is 64.9. The minimum Gasteiger partial charge on any atom is -0.391 e. The topological polar surface area (TPSA) is 64.1 Å². The molecule has 1 N–H and O–H groups in total. The van der Waals surface area contributed by atoms with E-state index in [4.69, 9.17) is 0 Å². The minimum atomic E-state index is -0.181. The lowest BCUT2D eigenvalue weighted by molar-refractivity contribution is -0.132. The molecule has 0 heterocycles. The molecule has 2 amide bonds. The van der Waals surface area contributed by atoms with Crippen molar-refractivity contribution in [2.45, 2.75) is 348 Å². The fourth-order valence-electron chi connectivity index (χ4n) is 11.0. The second-order valence-electron chi connectivity index (χ2n) is 22.2. The van der Waals surface area contributed by atoms with Crippen LogP contribution in [0.4, 0.5) is 0 Å². The van der Waals surface area contributed by atoms with Gasteiger partial charge < -0.3 is 14.9 Å². The molecule has 68 heavy (non-hydrogen) atoms. The normalized spacial score (nSPS) is 15.1. The molecule has 0 radical (unpaired) electrons. The highest BCUT2D eigenvalue weighted by Crippen LogP contribution is 2.25. The number of carbonyl (C=O) groups excluding carboxylic acids is 2. The van der Waals surface area contributed by atoms with E-state index in [2.05, 4.69) is 42.4 Å². The summed E-state index contributed by atoms with van der Waals surface area (Å²) in [4.78, 5) is 34.1. The molecule has 2 unspecified atom stereocenters. The second-order valence-corrected chi connectivity index (χ2v) is 22.2. The van der Waals surface area contributed by atoms with Gasteiger partial charge in [-0.2, -0.15) is 0 Å². The summed E-state index contributed by atoms with van der Waals surface area (Å²) in [7, 11) is 0. The Morgan fingerprint density at radius 3 is 0.838 bits per heavy atom. The van der Waals surface area contributed by atoms with Crippen molar-refractivity contribution in [1.29, 1.82) is 0 Å². The number of hydrogen-bond acceptors (Lipinski definition) is 4. The van der Waals surface area contributed by atoms with Crippen LogP contribution in [0.3, 0.4) is 0 Å². The van der Waals surface area contributed by atoms with E-state index in [-0.39, 0.29) is 6.10 Å². The van der Waals surface area contributed by atoms with Crippen molar-refractivity contribution in [3.8, 4) is 0 Å². The summed E-state index contributed by atoms with van der Waals surface area (Å²) < 4.78 is 0. The lowest BCUT2D eigenvalue weighted by atomic mass is 9.91. The maximum absolute atomic E-state index is 13.5. The molecule has 1 fully saturated rings. The van der Waals surface area contributed by atoms with Crippen LogP contribution in [0.25, 0.3) is 0 Å². The molecule has 0 saturated heterocycles. The van der Waals surface area contributed by atoms with Gasteiger partial charge in [0.2, 0.25) is 11.8 Å². The van der Waals surface area contributed by atoms with E-state index in [0.29, 0.717) is 17.9 Å². The van der Waals surface area contributed by atoms with E-state index < -0.39 is 0 Å². The van der Waals surface area contributed by atoms with Crippen LogP contribution in [-0.4, -0.2) is 83.0 Å². The van der Waals surface area contributed by atoms with Crippen LogP contribution >= 0.6 is 0 Å². The fourth-order valence-corrected chi connectivity index (χ4v) is 11.0. The van der Waals surface area contributed by atoms with Gasteiger partial charge in [0.25, 0.3) is 0 Å². The zero-order chi connectivity index (χ0) is 49.2. The highest BCUT2D eigenvalue weighted by molar-refractivity contribution is 5.76. The lowest BCUT2D eigenvalue weighted by Gasteiger charge is -2.38. The molecule has 6 nitrogen and oxygen atoms in total. The van der Waals surface area contributed by atoms with Crippen LogP contribution in [0.1, 0.15) is 336 Å². The van der Waals surface area contributed by atoms with E-state index in [1.54, 1.807) is 0 Å². The van der Waals surface area contributed by atoms with Gasteiger partial charge in [-0.15, -0.1) is 0 Å². The first-order valence-corrected chi connectivity index (χ1v) is 31.5. The number of aliphatic hydroxyl groups is 1. The third kappa shape index (κ3) is 39.5.